The van der Waals surface area contributed by atoms with Gasteiger partial charge in [0.25, 0.3) is 0 Å². The van der Waals surface area contributed by atoms with E-state index in [-0.39, 0.29) is 5.54 Å². The van der Waals surface area contributed by atoms with Gasteiger partial charge in [0, 0.05) is 21.8 Å². The average Bonchev–Trinajstić information content (AvgIpc) is 2.08. The van der Waals surface area contributed by atoms with Crippen molar-refractivity contribution in [3.63, 3.8) is 0 Å². The van der Waals surface area contributed by atoms with Crippen LogP contribution in [0.5, 0.6) is 0 Å². The second-order valence-corrected chi connectivity index (χ2v) is 5.19. The largest absolute Gasteiger partial charge is 0.397 e. The van der Waals surface area contributed by atoms with Crippen molar-refractivity contribution in [3.8, 4) is 0 Å². The Morgan fingerprint density at radius 3 is 2.46 bits per heavy atom. The summed E-state index contributed by atoms with van der Waals surface area (Å²) in [5.74, 6) is 0. The first-order valence-corrected chi connectivity index (χ1v) is 6.54. The summed E-state index contributed by atoms with van der Waals surface area (Å²) in [6.07, 6.45) is 6.98. The molecule has 0 aliphatic heterocycles. The zero-order valence-corrected chi connectivity index (χ0v) is 9.89. The van der Waals surface area contributed by atoms with E-state index in [1.807, 2.05) is 19.4 Å². The Labute approximate surface area is 88.2 Å². The first kappa shape index (κ1) is 11.0. The molecule has 1 rings (SSSR count). The number of thioether (sulfide) groups is 2. The normalized spacial score (nSPS) is 29.1. The smallest absolute Gasteiger partial charge is 0.0546 e. The van der Waals surface area contributed by atoms with Gasteiger partial charge < -0.3 is 11.5 Å². The van der Waals surface area contributed by atoms with Crippen molar-refractivity contribution in [2.45, 2.75) is 18.9 Å². The molecule has 1 atom stereocenters. The lowest BCUT2D eigenvalue weighted by Gasteiger charge is -2.28. The van der Waals surface area contributed by atoms with E-state index in [1.54, 1.807) is 23.5 Å². The third kappa shape index (κ3) is 2.45. The quantitative estimate of drug-likeness (QED) is 0.740. The zero-order valence-electron chi connectivity index (χ0n) is 8.26. The summed E-state index contributed by atoms with van der Waals surface area (Å²) in [4.78, 5) is 2.32. The van der Waals surface area contributed by atoms with Gasteiger partial charge in [-0.15, -0.1) is 23.5 Å². The molecule has 0 saturated carbocycles. The van der Waals surface area contributed by atoms with Crippen molar-refractivity contribution in [3.05, 3.63) is 21.6 Å². The lowest BCUT2D eigenvalue weighted by atomic mass is 9.93. The molecule has 0 aromatic rings. The van der Waals surface area contributed by atoms with E-state index in [4.69, 9.17) is 11.5 Å². The van der Waals surface area contributed by atoms with Crippen molar-refractivity contribution in [2.75, 3.05) is 12.5 Å². The molecule has 0 aromatic heterocycles. The van der Waals surface area contributed by atoms with Crippen LogP contribution in [0.4, 0.5) is 0 Å². The molecular weight excluding hydrogens is 200 g/mol. The van der Waals surface area contributed by atoms with Gasteiger partial charge in [0.15, 0.2) is 0 Å². The number of rotatable bonds is 2. The predicted molar refractivity (Wildman–Crippen MR) is 63.5 cm³/mol. The molecule has 0 amide bonds. The summed E-state index contributed by atoms with van der Waals surface area (Å²) in [7, 11) is 0. The van der Waals surface area contributed by atoms with Gasteiger partial charge in [0.05, 0.1) is 5.70 Å². The molecule has 74 valence electrons. The third-order valence-electron chi connectivity index (χ3n) is 2.03. The SMILES string of the molecule is CSC1=CC(C)(N)CC(SC)=C1N. The minimum absolute atomic E-state index is 0.237. The lowest BCUT2D eigenvalue weighted by molar-refractivity contribution is 0.580. The van der Waals surface area contributed by atoms with Crippen molar-refractivity contribution < 1.29 is 0 Å². The minimum Gasteiger partial charge on any atom is -0.397 e. The van der Waals surface area contributed by atoms with Gasteiger partial charge in [0.1, 0.15) is 0 Å². The highest BCUT2D eigenvalue weighted by Gasteiger charge is 2.25. The van der Waals surface area contributed by atoms with Gasteiger partial charge >= 0.3 is 0 Å². The van der Waals surface area contributed by atoms with E-state index < -0.39 is 0 Å². The Balaban J connectivity index is 3.04. The summed E-state index contributed by atoms with van der Waals surface area (Å²) in [5.41, 5.74) is 12.7. The Hall–Kier alpha value is -0.0600. The maximum absolute atomic E-state index is 6.08. The topological polar surface area (TPSA) is 52.0 Å². The summed E-state index contributed by atoms with van der Waals surface area (Å²) in [6.45, 7) is 2.03. The summed E-state index contributed by atoms with van der Waals surface area (Å²) < 4.78 is 0. The molecular formula is C9H16N2S2. The van der Waals surface area contributed by atoms with Crippen molar-refractivity contribution in [1.82, 2.24) is 0 Å². The fraction of sp³-hybridized carbons (Fsp3) is 0.556. The molecule has 0 spiro atoms. The van der Waals surface area contributed by atoms with Crippen LogP contribution in [0.1, 0.15) is 13.3 Å². The van der Waals surface area contributed by atoms with Crippen molar-refractivity contribution >= 4 is 23.5 Å². The first-order valence-electron chi connectivity index (χ1n) is 4.09. The first-order chi connectivity index (χ1) is 6.00. The van der Waals surface area contributed by atoms with Crippen LogP contribution in [0.25, 0.3) is 0 Å². The van der Waals surface area contributed by atoms with Crippen molar-refractivity contribution in [2.24, 2.45) is 11.5 Å². The molecule has 4 N–H and O–H groups in total. The molecule has 1 aliphatic carbocycles. The number of nitrogens with two attached hydrogens (primary N) is 2. The van der Waals surface area contributed by atoms with Crippen LogP contribution in [0.2, 0.25) is 0 Å². The van der Waals surface area contributed by atoms with Crippen LogP contribution < -0.4 is 11.5 Å². The Bertz CT molecular complexity index is 267. The summed E-state index contributed by atoms with van der Waals surface area (Å²) in [5, 5.41) is 0. The highest BCUT2D eigenvalue weighted by atomic mass is 32.2. The Morgan fingerprint density at radius 2 is 2.00 bits per heavy atom. The molecule has 1 aliphatic rings. The molecule has 1 unspecified atom stereocenters. The monoisotopic (exact) mass is 216 g/mol. The van der Waals surface area contributed by atoms with Gasteiger partial charge in [-0.1, -0.05) is 0 Å². The van der Waals surface area contributed by atoms with Crippen molar-refractivity contribution in [1.29, 1.82) is 0 Å². The average molecular weight is 216 g/mol. The molecule has 0 aromatic carbocycles. The van der Waals surface area contributed by atoms with E-state index in [1.165, 1.54) is 4.91 Å². The summed E-state index contributed by atoms with van der Waals surface area (Å²) in [6, 6.07) is 0. The molecule has 0 radical (unpaired) electrons. The molecule has 0 saturated heterocycles. The zero-order chi connectivity index (χ0) is 10.1. The highest BCUT2D eigenvalue weighted by molar-refractivity contribution is 8.03. The molecule has 0 heterocycles. The third-order valence-corrected chi connectivity index (χ3v) is 3.67. The van der Waals surface area contributed by atoms with Crippen LogP contribution in [-0.2, 0) is 0 Å². The van der Waals surface area contributed by atoms with Gasteiger partial charge in [-0.25, -0.2) is 0 Å². The van der Waals surface area contributed by atoms with Crippen LogP contribution in [0.3, 0.4) is 0 Å². The number of hydrogen-bond acceptors (Lipinski definition) is 4. The maximum atomic E-state index is 6.08. The van der Waals surface area contributed by atoms with Gasteiger partial charge in [0.2, 0.25) is 0 Å². The van der Waals surface area contributed by atoms with Gasteiger partial charge in [-0.2, -0.15) is 0 Å². The molecule has 4 heteroatoms. The summed E-state index contributed by atoms with van der Waals surface area (Å²) >= 11 is 3.36. The minimum atomic E-state index is -0.237. The number of hydrogen-bond donors (Lipinski definition) is 2. The second-order valence-electron chi connectivity index (χ2n) is 3.44. The lowest BCUT2D eigenvalue weighted by Crippen LogP contribution is -2.37. The van der Waals surface area contributed by atoms with Crippen LogP contribution in [0.15, 0.2) is 21.6 Å². The van der Waals surface area contributed by atoms with Crippen LogP contribution >= 0.6 is 23.5 Å². The molecule has 13 heavy (non-hydrogen) atoms. The molecule has 0 fully saturated rings. The Morgan fingerprint density at radius 1 is 1.38 bits per heavy atom. The maximum Gasteiger partial charge on any atom is 0.0546 e. The molecule has 2 nitrogen and oxygen atoms in total. The van der Waals surface area contributed by atoms with E-state index in [0.717, 1.165) is 17.0 Å². The van der Waals surface area contributed by atoms with E-state index in [0.29, 0.717) is 0 Å². The van der Waals surface area contributed by atoms with Crippen LogP contribution in [-0.4, -0.2) is 18.1 Å². The van der Waals surface area contributed by atoms with E-state index >= 15 is 0 Å². The fourth-order valence-corrected chi connectivity index (χ4v) is 2.94. The molecule has 0 bridgehead atoms. The second kappa shape index (κ2) is 3.98. The highest BCUT2D eigenvalue weighted by Crippen LogP contribution is 2.36. The predicted octanol–water partition coefficient (Wildman–Crippen LogP) is 1.89. The fourth-order valence-electron chi connectivity index (χ4n) is 1.36. The standard InChI is InChI=1S/C9H16N2S2/c1-9(11)4-6(12-2)8(10)7(5-9)13-3/h4H,5,10-11H2,1-3H3. The van der Waals surface area contributed by atoms with Crippen LogP contribution in [0, 0.1) is 0 Å². The van der Waals surface area contributed by atoms with Gasteiger partial charge in [-0.3, -0.25) is 0 Å². The Kier molecular flexibility index (Phi) is 3.38. The van der Waals surface area contributed by atoms with E-state index in [9.17, 15) is 0 Å². The van der Waals surface area contributed by atoms with Gasteiger partial charge in [-0.05, 0) is 25.5 Å². The van der Waals surface area contributed by atoms with E-state index in [2.05, 4.69) is 6.08 Å².